The summed E-state index contributed by atoms with van der Waals surface area (Å²) >= 11 is 7.06. The van der Waals surface area contributed by atoms with E-state index in [-0.39, 0.29) is 17.4 Å². The van der Waals surface area contributed by atoms with Crippen LogP contribution in [0.15, 0.2) is 62.7 Å². The van der Waals surface area contributed by atoms with Gasteiger partial charge < -0.3 is 9.73 Å². The van der Waals surface area contributed by atoms with Gasteiger partial charge in [0.2, 0.25) is 5.91 Å². The Morgan fingerprint density at radius 3 is 2.77 bits per heavy atom. The maximum atomic E-state index is 12.7. The van der Waals surface area contributed by atoms with Crippen molar-refractivity contribution in [2.75, 3.05) is 11.1 Å². The second-order valence-corrected chi connectivity index (χ2v) is 8.47. The van der Waals surface area contributed by atoms with Crippen molar-refractivity contribution in [1.29, 1.82) is 5.26 Å². The Bertz CT molecular complexity index is 1070. The summed E-state index contributed by atoms with van der Waals surface area (Å²) in [5.41, 5.74) is 1.78. The van der Waals surface area contributed by atoms with Gasteiger partial charge >= 0.3 is 0 Å². The van der Waals surface area contributed by atoms with Gasteiger partial charge in [-0.25, -0.2) is 4.99 Å². The van der Waals surface area contributed by atoms with Crippen LogP contribution in [-0.4, -0.2) is 23.2 Å². The first kappa shape index (κ1) is 20.5. The molecule has 1 amide bonds. The highest BCUT2D eigenvalue weighted by Crippen LogP contribution is 2.45. The molecule has 1 aliphatic carbocycles. The Morgan fingerprint density at radius 2 is 2.07 bits per heavy atom. The normalized spacial score (nSPS) is 20.9. The number of aliphatic imine (C=N–C) groups is 1. The van der Waals surface area contributed by atoms with Gasteiger partial charge in [-0.2, -0.15) is 5.26 Å². The molecule has 8 heteroatoms. The molecule has 4 rings (SSSR count). The van der Waals surface area contributed by atoms with E-state index >= 15 is 0 Å². The van der Waals surface area contributed by atoms with E-state index in [1.807, 2.05) is 0 Å². The van der Waals surface area contributed by atoms with Crippen LogP contribution in [0, 0.1) is 17.2 Å². The SMILES string of the molecule is N#CC1=C(SCC(=O)Nc2ccc(Cl)cc2)N=C2CCCC(=O)[C@@H]2[C@H]1c1ccco1. The van der Waals surface area contributed by atoms with Crippen molar-refractivity contribution in [1.82, 2.24) is 0 Å². The lowest BCUT2D eigenvalue weighted by atomic mass is 9.72. The largest absolute Gasteiger partial charge is 0.469 e. The maximum Gasteiger partial charge on any atom is 0.234 e. The third-order valence-corrected chi connectivity index (χ3v) is 6.36. The van der Waals surface area contributed by atoms with Crippen LogP contribution >= 0.6 is 23.4 Å². The van der Waals surface area contributed by atoms with E-state index in [4.69, 9.17) is 16.0 Å². The van der Waals surface area contributed by atoms with Crippen LogP contribution in [0.2, 0.25) is 5.02 Å². The van der Waals surface area contributed by atoms with Crippen molar-refractivity contribution in [3.05, 3.63) is 64.0 Å². The zero-order valence-electron chi connectivity index (χ0n) is 15.9. The third kappa shape index (κ3) is 4.20. The predicted octanol–water partition coefficient (Wildman–Crippen LogP) is 4.95. The lowest BCUT2D eigenvalue weighted by Gasteiger charge is -2.33. The van der Waals surface area contributed by atoms with Gasteiger partial charge in [0.25, 0.3) is 0 Å². The lowest BCUT2D eigenvalue weighted by molar-refractivity contribution is -0.122. The highest BCUT2D eigenvalue weighted by atomic mass is 35.5. The number of hydrogen-bond acceptors (Lipinski definition) is 6. The van der Waals surface area contributed by atoms with Crippen molar-refractivity contribution in [2.24, 2.45) is 10.9 Å². The summed E-state index contributed by atoms with van der Waals surface area (Å²) < 4.78 is 5.57. The first-order valence-electron chi connectivity index (χ1n) is 9.53. The molecule has 6 nitrogen and oxygen atoms in total. The van der Waals surface area contributed by atoms with Gasteiger partial charge in [0, 0.05) is 22.8 Å². The van der Waals surface area contributed by atoms with Crippen LogP contribution in [-0.2, 0) is 9.59 Å². The number of nitrogens with zero attached hydrogens (tertiary/aromatic N) is 2. The zero-order valence-corrected chi connectivity index (χ0v) is 17.5. The minimum atomic E-state index is -0.493. The van der Waals surface area contributed by atoms with E-state index in [1.165, 1.54) is 18.0 Å². The number of nitrogens with one attached hydrogen (secondary N) is 1. The number of thioether (sulfide) groups is 1. The number of anilines is 1. The van der Waals surface area contributed by atoms with Gasteiger partial charge in [-0.15, -0.1) is 0 Å². The Labute approximate surface area is 183 Å². The molecular weight excluding hydrogens is 422 g/mol. The van der Waals surface area contributed by atoms with Crippen LogP contribution in [0.3, 0.4) is 0 Å². The Balaban J connectivity index is 1.57. The molecule has 2 aliphatic rings. The van der Waals surface area contributed by atoms with Gasteiger partial charge in [0.1, 0.15) is 16.6 Å². The van der Waals surface area contributed by atoms with E-state index in [9.17, 15) is 14.9 Å². The van der Waals surface area contributed by atoms with E-state index in [1.54, 1.807) is 36.4 Å². The second kappa shape index (κ2) is 8.90. The molecule has 2 atom stereocenters. The summed E-state index contributed by atoms with van der Waals surface area (Å²) in [7, 11) is 0. The summed E-state index contributed by atoms with van der Waals surface area (Å²) in [6, 6.07) is 12.6. The number of Topliss-reactive ketones (excluding diaryl/α,β-unsaturated/α-hetero) is 1. The molecule has 1 saturated carbocycles. The van der Waals surface area contributed by atoms with Crippen molar-refractivity contribution < 1.29 is 14.0 Å². The summed E-state index contributed by atoms with van der Waals surface area (Å²) in [5, 5.41) is 13.7. The molecule has 1 aromatic heterocycles. The molecular formula is C22H18ClN3O3S. The molecule has 0 radical (unpaired) electrons. The van der Waals surface area contributed by atoms with Gasteiger partial charge in [-0.1, -0.05) is 23.4 Å². The summed E-state index contributed by atoms with van der Waals surface area (Å²) in [6.45, 7) is 0. The van der Waals surface area contributed by atoms with Crippen molar-refractivity contribution in [2.45, 2.75) is 25.2 Å². The first-order valence-corrected chi connectivity index (χ1v) is 10.9. The summed E-state index contributed by atoms with van der Waals surface area (Å²) in [4.78, 5) is 29.7. The topological polar surface area (TPSA) is 95.5 Å². The average Bonchev–Trinajstić information content (AvgIpc) is 3.27. The maximum absolute atomic E-state index is 12.7. The fraction of sp³-hybridized carbons (Fsp3) is 0.273. The fourth-order valence-corrected chi connectivity index (χ4v) is 4.78. The number of benzene rings is 1. The summed E-state index contributed by atoms with van der Waals surface area (Å²) in [5.74, 6) is -0.437. The predicted molar refractivity (Wildman–Crippen MR) is 116 cm³/mol. The fourth-order valence-electron chi connectivity index (χ4n) is 3.80. The number of furan rings is 1. The van der Waals surface area contributed by atoms with E-state index < -0.39 is 11.8 Å². The van der Waals surface area contributed by atoms with Gasteiger partial charge in [0.15, 0.2) is 0 Å². The molecule has 1 fully saturated rings. The Kier molecular flexibility index (Phi) is 6.07. The minimum absolute atomic E-state index is 0.0821. The third-order valence-electron chi connectivity index (χ3n) is 5.12. The van der Waals surface area contributed by atoms with Crippen molar-refractivity contribution >= 4 is 46.5 Å². The highest BCUT2D eigenvalue weighted by Gasteiger charge is 2.43. The van der Waals surface area contributed by atoms with Crippen LogP contribution in [0.1, 0.15) is 30.9 Å². The van der Waals surface area contributed by atoms with E-state index in [0.717, 1.165) is 12.1 Å². The molecule has 30 heavy (non-hydrogen) atoms. The van der Waals surface area contributed by atoms with E-state index in [0.29, 0.717) is 39.9 Å². The number of carbonyl (C=O) groups is 2. The lowest BCUT2D eigenvalue weighted by Crippen LogP contribution is -2.37. The number of amides is 1. The summed E-state index contributed by atoms with van der Waals surface area (Å²) in [6.07, 6.45) is 3.46. The molecule has 2 aromatic rings. The molecule has 152 valence electrons. The smallest absolute Gasteiger partial charge is 0.234 e. The molecule has 0 bridgehead atoms. The number of rotatable bonds is 5. The number of ketones is 1. The minimum Gasteiger partial charge on any atom is -0.469 e. The average molecular weight is 440 g/mol. The van der Waals surface area contributed by atoms with E-state index in [2.05, 4.69) is 16.4 Å². The van der Waals surface area contributed by atoms with Crippen LogP contribution < -0.4 is 5.32 Å². The van der Waals surface area contributed by atoms with Gasteiger partial charge in [-0.3, -0.25) is 9.59 Å². The zero-order chi connectivity index (χ0) is 21.1. The monoisotopic (exact) mass is 439 g/mol. The van der Waals surface area contributed by atoms with Crippen LogP contribution in [0.4, 0.5) is 5.69 Å². The standard InChI is InChI=1S/C22H18ClN3O3S/c23-13-6-8-14(9-7-13)25-19(28)12-30-22-15(11-24)20(18-5-2-10-29-18)21-16(26-22)3-1-4-17(21)27/h2,5-10,20-21H,1,3-4,12H2,(H,25,28)/t20-,21-/m1/s1. The number of fused-ring (bicyclic) bond motifs is 1. The van der Waals surface area contributed by atoms with Gasteiger partial charge in [0.05, 0.1) is 35.5 Å². The molecule has 0 unspecified atom stereocenters. The molecule has 0 saturated heterocycles. The second-order valence-electron chi connectivity index (χ2n) is 7.07. The van der Waals surface area contributed by atoms with Crippen molar-refractivity contribution in [3.63, 3.8) is 0 Å². The first-order chi connectivity index (χ1) is 14.6. The van der Waals surface area contributed by atoms with Crippen LogP contribution in [0.25, 0.3) is 0 Å². The molecule has 1 aliphatic heterocycles. The Morgan fingerprint density at radius 1 is 1.27 bits per heavy atom. The Hall–Kier alpha value is -2.82. The number of nitriles is 1. The number of hydrogen-bond donors (Lipinski definition) is 1. The molecule has 2 heterocycles. The van der Waals surface area contributed by atoms with Crippen molar-refractivity contribution in [3.8, 4) is 6.07 Å². The number of allylic oxidation sites excluding steroid dienone is 1. The van der Waals surface area contributed by atoms with Gasteiger partial charge in [-0.05, 0) is 49.2 Å². The quantitative estimate of drug-likeness (QED) is 0.711. The molecule has 1 aromatic carbocycles. The molecule has 1 N–H and O–H groups in total. The van der Waals surface area contributed by atoms with Crippen LogP contribution in [0.5, 0.6) is 0 Å². The molecule has 0 spiro atoms. The highest BCUT2D eigenvalue weighted by molar-refractivity contribution is 8.03. The number of halogens is 1. The number of carbonyl (C=O) groups excluding carboxylic acids is 2.